The molecule has 0 aliphatic heterocycles. The lowest BCUT2D eigenvalue weighted by Gasteiger charge is -2.17. The fourth-order valence-corrected chi connectivity index (χ4v) is 1.63. The molecular weight excluding hydrogens is 228 g/mol. The molecule has 0 fully saturated rings. The number of carbonyl (C=O) groups excluding carboxylic acids is 1. The highest BCUT2D eigenvalue weighted by atomic mass is 16.5. The Kier molecular flexibility index (Phi) is 5.65. The van der Waals surface area contributed by atoms with Gasteiger partial charge in [-0.3, -0.25) is 4.79 Å². The number of hydrogen-bond acceptors (Lipinski definition) is 3. The van der Waals surface area contributed by atoms with Gasteiger partial charge in [0.25, 0.3) is 0 Å². The third-order valence-corrected chi connectivity index (χ3v) is 2.80. The Morgan fingerprint density at radius 3 is 2.78 bits per heavy atom. The van der Waals surface area contributed by atoms with Crippen molar-refractivity contribution in [2.24, 2.45) is 5.73 Å². The van der Waals surface area contributed by atoms with E-state index in [-0.39, 0.29) is 11.9 Å². The molecule has 2 atom stereocenters. The molecule has 1 aromatic rings. The van der Waals surface area contributed by atoms with Crippen LogP contribution in [0.1, 0.15) is 38.8 Å². The van der Waals surface area contributed by atoms with Gasteiger partial charge in [-0.25, -0.2) is 0 Å². The predicted octanol–water partition coefficient (Wildman–Crippen LogP) is 2.00. The zero-order valence-corrected chi connectivity index (χ0v) is 11.3. The molecule has 1 aromatic carbocycles. The molecule has 18 heavy (non-hydrogen) atoms. The van der Waals surface area contributed by atoms with E-state index in [1.54, 1.807) is 0 Å². The molecule has 1 amide bonds. The maximum Gasteiger partial charge on any atom is 0.237 e. The molecule has 0 unspecified atom stereocenters. The van der Waals surface area contributed by atoms with E-state index >= 15 is 0 Å². The van der Waals surface area contributed by atoms with Crippen molar-refractivity contribution < 1.29 is 9.53 Å². The van der Waals surface area contributed by atoms with Crippen molar-refractivity contribution in [3.05, 3.63) is 29.8 Å². The van der Waals surface area contributed by atoms with E-state index in [0.717, 1.165) is 11.3 Å². The summed E-state index contributed by atoms with van der Waals surface area (Å²) in [7, 11) is 0. The number of rotatable bonds is 6. The first kappa shape index (κ1) is 14.5. The van der Waals surface area contributed by atoms with Gasteiger partial charge < -0.3 is 15.8 Å². The number of ether oxygens (including phenoxy) is 1. The Hall–Kier alpha value is -1.55. The molecule has 0 saturated heterocycles. The molecule has 0 bridgehead atoms. The second-order valence-corrected chi connectivity index (χ2v) is 4.25. The van der Waals surface area contributed by atoms with Crippen LogP contribution in [0.2, 0.25) is 0 Å². The van der Waals surface area contributed by atoms with Crippen molar-refractivity contribution in [1.29, 1.82) is 0 Å². The Morgan fingerprint density at radius 1 is 1.44 bits per heavy atom. The highest BCUT2D eigenvalue weighted by Gasteiger charge is 2.15. The van der Waals surface area contributed by atoms with Gasteiger partial charge in [-0.2, -0.15) is 0 Å². The first-order valence-corrected chi connectivity index (χ1v) is 6.37. The maximum atomic E-state index is 11.7. The Bertz CT molecular complexity index is 393. The fourth-order valence-electron chi connectivity index (χ4n) is 1.63. The second kappa shape index (κ2) is 7.01. The van der Waals surface area contributed by atoms with E-state index in [4.69, 9.17) is 10.5 Å². The summed E-state index contributed by atoms with van der Waals surface area (Å²) in [6.45, 7) is 6.40. The summed E-state index contributed by atoms with van der Waals surface area (Å²) >= 11 is 0. The van der Waals surface area contributed by atoms with E-state index < -0.39 is 6.04 Å². The predicted molar refractivity (Wildman–Crippen MR) is 72.4 cm³/mol. The van der Waals surface area contributed by atoms with Crippen molar-refractivity contribution in [2.45, 2.75) is 39.3 Å². The van der Waals surface area contributed by atoms with Gasteiger partial charge in [0.1, 0.15) is 5.75 Å². The number of hydrogen-bond donors (Lipinski definition) is 2. The molecule has 0 aliphatic carbocycles. The van der Waals surface area contributed by atoms with Gasteiger partial charge in [0.05, 0.1) is 18.7 Å². The van der Waals surface area contributed by atoms with E-state index in [2.05, 4.69) is 5.32 Å². The fraction of sp³-hybridized carbons (Fsp3) is 0.500. The van der Waals surface area contributed by atoms with Gasteiger partial charge in [0.15, 0.2) is 0 Å². The summed E-state index contributed by atoms with van der Waals surface area (Å²) < 4.78 is 5.43. The number of nitrogens with one attached hydrogen (secondary N) is 1. The van der Waals surface area contributed by atoms with Crippen molar-refractivity contribution in [3.8, 4) is 5.75 Å². The van der Waals surface area contributed by atoms with Crippen molar-refractivity contribution >= 4 is 5.91 Å². The molecule has 4 heteroatoms. The lowest BCUT2D eigenvalue weighted by molar-refractivity contribution is -0.123. The number of carbonyl (C=O) groups is 1. The van der Waals surface area contributed by atoms with E-state index in [0.29, 0.717) is 13.0 Å². The molecule has 0 spiro atoms. The van der Waals surface area contributed by atoms with Crippen LogP contribution in [0.4, 0.5) is 0 Å². The molecule has 0 radical (unpaired) electrons. The highest BCUT2D eigenvalue weighted by Crippen LogP contribution is 2.19. The normalized spacial score (nSPS) is 13.8. The van der Waals surface area contributed by atoms with Crippen molar-refractivity contribution in [3.63, 3.8) is 0 Å². The summed E-state index contributed by atoms with van der Waals surface area (Å²) in [5, 5.41) is 2.90. The van der Waals surface area contributed by atoms with Crippen molar-refractivity contribution in [1.82, 2.24) is 5.32 Å². The summed E-state index contributed by atoms with van der Waals surface area (Å²) in [5.74, 6) is 0.697. The third kappa shape index (κ3) is 4.04. The smallest absolute Gasteiger partial charge is 0.237 e. The van der Waals surface area contributed by atoms with Crippen molar-refractivity contribution in [2.75, 3.05) is 6.61 Å². The molecule has 0 saturated carbocycles. The van der Waals surface area contributed by atoms with Gasteiger partial charge in [-0.15, -0.1) is 0 Å². The zero-order chi connectivity index (χ0) is 13.5. The van der Waals surface area contributed by atoms with Gasteiger partial charge in [0, 0.05) is 0 Å². The van der Waals surface area contributed by atoms with Crippen LogP contribution in [0.25, 0.3) is 0 Å². The number of amides is 1. The van der Waals surface area contributed by atoms with Crippen LogP contribution >= 0.6 is 0 Å². The minimum atomic E-state index is -0.442. The monoisotopic (exact) mass is 250 g/mol. The van der Waals surface area contributed by atoms with Crippen LogP contribution in [0.3, 0.4) is 0 Å². The Balaban J connectivity index is 2.68. The van der Waals surface area contributed by atoms with Gasteiger partial charge >= 0.3 is 0 Å². The van der Waals surface area contributed by atoms with E-state index in [9.17, 15) is 4.79 Å². The molecule has 0 heterocycles. The van der Waals surface area contributed by atoms with Crippen LogP contribution in [0.15, 0.2) is 24.3 Å². The third-order valence-electron chi connectivity index (χ3n) is 2.80. The molecule has 100 valence electrons. The lowest BCUT2D eigenvalue weighted by atomic mass is 10.1. The quantitative estimate of drug-likeness (QED) is 0.811. The summed E-state index contributed by atoms with van der Waals surface area (Å²) in [4.78, 5) is 11.7. The molecule has 1 rings (SSSR count). The molecular formula is C14H22N2O2. The molecule has 4 nitrogen and oxygen atoms in total. The topological polar surface area (TPSA) is 64.3 Å². The lowest BCUT2D eigenvalue weighted by Crippen LogP contribution is -2.41. The highest BCUT2D eigenvalue weighted by molar-refractivity contribution is 5.81. The number of benzene rings is 1. The van der Waals surface area contributed by atoms with Crippen LogP contribution in [-0.2, 0) is 4.79 Å². The van der Waals surface area contributed by atoms with Crippen LogP contribution in [0, 0.1) is 0 Å². The second-order valence-electron chi connectivity index (χ2n) is 4.25. The Labute approximate surface area is 109 Å². The minimum Gasteiger partial charge on any atom is -0.494 e. The summed E-state index contributed by atoms with van der Waals surface area (Å²) in [5.41, 5.74) is 6.70. The standard InChI is InChI=1S/C14H22N2O2/c1-4-13(15)14(17)16-10(3)11-7-6-8-12(9-11)18-5-2/h6-10,13H,4-5,15H2,1-3H3,(H,16,17)/t10-,13-/m0/s1. The molecule has 0 aliphatic rings. The minimum absolute atomic E-state index is 0.0736. The van der Waals surface area contributed by atoms with Gasteiger partial charge in [0.2, 0.25) is 5.91 Å². The van der Waals surface area contributed by atoms with E-state index in [1.807, 2.05) is 45.0 Å². The average Bonchev–Trinajstić information content (AvgIpc) is 2.38. The van der Waals surface area contributed by atoms with Crippen LogP contribution in [0.5, 0.6) is 5.75 Å². The summed E-state index contributed by atoms with van der Waals surface area (Å²) in [6.07, 6.45) is 0.636. The van der Waals surface area contributed by atoms with Gasteiger partial charge in [-0.1, -0.05) is 19.1 Å². The van der Waals surface area contributed by atoms with E-state index in [1.165, 1.54) is 0 Å². The largest absolute Gasteiger partial charge is 0.494 e. The van der Waals surface area contributed by atoms with Crippen LogP contribution in [-0.4, -0.2) is 18.6 Å². The summed E-state index contributed by atoms with van der Waals surface area (Å²) in [6, 6.07) is 7.21. The zero-order valence-electron chi connectivity index (χ0n) is 11.3. The maximum absolute atomic E-state index is 11.7. The SMILES string of the molecule is CCOc1cccc([C@H](C)NC(=O)[C@@H](N)CC)c1. The molecule has 0 aromatic heterocycles. The first-order valence-electron chi connectivity index (χ1n) is 6.37. The number of nitrogens with two attached hydrogens (primary N) is 1. The molecule has 3 N–H and O–H groups in total. The first-order chi connectivity index (χ1) is 8.58. The van der Waals surface area contributed by atoms with Crippen LogP contribution < -0.4 is 15.8 Å². The van der Waals surface area contributed by atoms with Gasteiger partial charge in [-0.05, 0) is 38.0 Å². The Morgan fingerprint density at radius 2 is 2.17 bits per heavy atom. The average molecular weight is 250 g/mol.